The SMILES string of the molecule is CCC(C)Cc1cc(-c2[c-]cccc2)ncc1[Si](C)(C)C.Cc1ccc2c(n1)oc1c(-c3nc4ccccc4n3-c3ccccc3-c3ccccc3)[c-]ccc12.[Ir]. The van der Waals surface area contributed by atoms with E-state index in [2.05, 4.69) is 134 Å². The number of imidazole rings is 1. The Morgan fingerprint density at radius 1 is 0.772 bits per heavy atom. The van der Waals surface area contributed by atoms with Crippen LogP contribution in [0.3, 0.4) is 0 Å². The fourth-order valence-electron chi connectivity index (χ4n) is 7.41. The number of fused-ring (bicyclic) bond motifs is 4. The number of nitrogens with zero attached hydrogens (tertiary/aromatic N) is 4. The summed E-state index contributed by atoms with van der Waals surface area (Å²) >= 11 is 0. The van der Waals surface area contributed by atoms with Crippen LogP contribution in [0.1, 0.15) is 31.5 Å². The van der Waals surface area contributed by atoms with Gasteiger partial charge in [0.1, 0.15) is 0 Å². The Balaban J connectivity index is 0.000000195. The van der Waals surface area contributed by atoms with Crippen molar-refractivity contribution in [2.24, 2.45) is 5.92 Å². The summed E-state index contributed by atoms with van der Waals surface area (Å²) in [5, 5.41) is 3.51. The molecule has 287 valence electrons. The molecule has 5 aromatic carbocycles. The average molecular weight is 939 g/mol. The maximum Gasteiger partial charge on any atom is 0.216 e. The molecule has 9 rings (SSSR count). The zero-order valence-electron chi connectivity index (χ0n) is 33.3. The molecule has 0 saturated carbocycles. The van der Waals surface area contributed by atoms with E-state index in [1.807, 2.05) is 67.6 Å². The van der Waals surface area contributed by atoms with Gasteiger partial charge in [-0.05, 0) is 66.0 Å². The Bertz CT molecular complexity index is 2790. The number of para-hydroxylation sites is 3. The minimum absolute atomic E-state index is 0. The van der Waals surface area contributed by atoms with Gasteiger partial charge in [-0.15, -0.1) is 54.1 Å². The van der Waals surface area contributed by atoms with Crippen molar-refractivity contribution in [1.29, 1.82) is 0 Å². The van der Waals surface area contributed by atoms with E-state index in [1.54, 1.807) is 0 Å². The van der Waals surface area contributed by atoms with Crippen LogP contribution in [0.2, 0.25) is 19.6 Å². The van der Waals surface area contributed by atoms with E-state index in [0.29, 0.717) is 5.71 Å². The van der Waals surface area contributed by atoms with Gasteiger partial charge in [0.05, 0.1) is 30.5 Å². The maximum atomic E-state index is 6.32. The van der Waals surface area contributed by atoms with E-state index >= 15 is 0 Å². The quantitative estimate of drug-likeness (QED) is 0.112. The molecule has 0 spiro atoms. The standard InChI is InChI=1S/C31H20N3O.C19H26NSi.Ir/c1-20-18-19-24-23-13-9-14-25(29(23)35-31(24)32-20)30-33-26-15-6-8-17-28(26)34(30)27-16-7-5-12-22(27)21-10-3-2-4-11-21;1-6-15(2)12-17-13-18(16-10-8-7-9-11-16)20-14-19(17)21(3,4)5;/h2-13,15-19H,1H3;7-10,13-15H,6,12H2,1-5H3;/q2*-1;. The molecular weight excluding hydrogens is 893 g/mol. The first-order valence-electron chi connectivity index (χ1n) is 19.5. The van der Waals surface area contributed by atoms with Crippen LogP contribution in [0.15, 0.2) is 144 Å². The van der Waals surface area contributed by atoms with Gasteiger partial charge in [-0.1, -0.05) is 123 Å². The monoisotopic (exact) mass is 939 g/mol. The Kier molecular flexibility index (Phi) is 11.8. The predicted octanol–water partition coefficient (Wildman–Crippen LogP) is 12.4. The summed E-state index contributed by atoms with van der Waals surface area (Å²) in [6.45, 7) is 13.8. The van der Waals surface area contributed by atoms with Gasteiger partial charge >= 0.3 is 0 Å². The zero-order valence-corrected chi connectivity index (χ0v) is 36.7. The van der Waals surface area contributed by atoms with Crippen LogP contribution in [0.25, 0.3) is 72.6 Å². The molecule has 0 bridgehead atoms. The molecule has 0 saturated heterocycles. The van der Waals surface area contributed by atoms with Crippen molar-refractivity contribution in [2.75, 3.05) is 0 Å². The van der Waals surface area contributed by atoms with Crippen LogP contribution in [0.5, 0.6) is 0 Å². The van der Waals surface area contributed by atoms with Crippen LogP contribution in [-0.2, 0) is 26.5 Å². The Hall–Kier alpha value is -5.46. The average Bonchev–Trinajstić information content (AvgIpc) is 3.79. The van der Waals surface area contributed by atoms with Gasteiger partial charge in [-0.2, -0.15) is 0 Å². The van der Waals surface area contributed by atoms with Crippen LogP contribution >= 0.6 is 0 Å². The minimum Gasteiger partial charge on any atom is -0.486 e. The molecule has 0 aliphatic heterocycles. The second-order valence-electron chi connectivity index (χ2n) is 15.6. The summed E-state index contributed by atoms with van der Waals surface area (Å²) in [5.41, 5.74) is 12.0. The van der Waals surface area contributed by atoms with Gasteiger partial charge in [0.25, 0.3) is 0 Å². The minimum atomic E-state index is -1.35. The number of benzene rings is 5. The normalized spacial score (nSPS) is 12.0. The van der Waals surface area contributed by atoms with Crippen LogP contribution in [0.4, 0.5) is 0 Å². The van der Waals surface area contributed by atoms with E-state index in [9.17, 15) is 0 Å². The van der Waals surface area contributed by atoms with E-state index in [4.69, 9.17) is 14.4 Å². The molecule has 4 heterocycles. The van der Waals surface area contributed by atoms with Gasteiger partial charge in [-0.3, -0.25) is 4.98 Å². The maximum absolute atomic E-state index is 6.32. The molecule has 1 unspecified atom stereocenters. The summed E-state index contributed by atoms with van der Waals surface area (Å²) in [4.78, 5) is 14.4. The Morgan fingerprint density at radius 3 is 2.30 bits per heavy atom. The first-order chi connectivity index (χ1) is 27.2. The van der Waals surface area contributed by atoms with Gasteiger partial charge < -0.3 is 14.0 Å². The second-order valence-corrected chi connectivity index (χ2v) is 20.7. The van der Waals surface area contributed by atoms with E-state index in [0.717, 1.165) is 84.9 Å². The predicted molar refractivity (Wildman–Crippen MR) is 235 cm³/mol. The first kappa shape index (κ1) is 39.8. The molecule has 9 aromatic rings. The summed E-state index contributed by atoms with van der Waals surface area (Å²) in [6.07, 6.45) is 4.50. The molecule has 0 fully saturated rings. The number of rotatable bonds is 8. The van der Waals surface area contributed by atoms with E-state index in [-0.39, 0.29) is 20.1 Å². The van der Waals surface area contributed by atoms with E-state index < -0.39 is 8.07 Å². The summed E-state index contributed by atoms with van der Waals surface area (Å²) in [7, 11) is -1.35. The van der Waals surface area contributed by atoms with Crippen molar-refractivity contribution >= 4 is 46.4 Å². The van der Waals surface area contributed by atoms with Crippen molar-refractivity contribution in [1.82, 2.24) is 19.5 Å². The Labute approximate surface area is 350 Å². The molecular formula is C50H46IrN4OSi-2. The molecule has 7 heteroatoms. The topological polar surface area (TPSA) is 56.7 Å². The first-order valence-corrected chi connectivity index (χ1v) is 23.0. The third kappa shape index (κ3) is 8.19. The van der Waals surface area contributed by atoms with Gasteiger partial charge in [0.2, 0.25) is 5.71 Å². The number of aromatic nitrogens is 4. The summed E-state index contributed by atoms with van der Waals surface area (Å²) in [5.74, 6) is 1.51. The number of hydrogen-bond donors (Lipinski definition) is 0. The molecule has 1 atom stereocenters. The van der Waals surface area contributed by atoms with Crippen LogP contribution in [-0.4, -0.2) is 27.6 Å². The van der Waals surface area contributed by atoms with Crippen LogP contribution < -0.4 is 5.19 Å². The molecule has 5 nitrogen and oxygen atoms in total. The number of hydrogen-bond acceptors (Lipinski definition) is 4. The molecule has 1 radical (unpaired) electrons. The van der Waals surface area contributed by atoms with Gasteiger partial charge in [0, 0.05) is 48.6 Å². The van der Waals surface area contributed by atoms with Crippen molar-refractivity contribution in [2.45, 2.75) is 53.3 Å². The van der Waals surface area contributed by atoms with E-state index in [1.165, 1.54) is 17.2 Å². The molecule has 0 amide bonds. The van der Waals surface area contributed by atoms with Gasteiger partial charge in [0.15, 0.2) is 0 Å². The summed E-state index contributed by atoms with van der Waals surface area (Å²) in [6, 6.07) is 52.3. The molecule has 0 aliphatic rings. The molecule has 4 aromatic heterocycles. The zero-order chi connectivity index (χ0) is 38.8. The number of pyridine rings is 2. The molecule has 0 N–H and O–H groups in total. The third-order valence-corrected chi connectivity index (χ3v) is 12.6. The van der Waals surface area contributed by atoms with Crippen molar-refractivity contribution in [3.05, 3.63) is 163 Å². The van der Waals surface area contributed by atoms with Crippen molar-refractivity contribution in [3.8, 4) is 39.5 Å². The van der Waals surface area contributed by atoms with Gasteiger partial charge in [-0.25, -0.2) is 4.98 Å². The summed E-state index contributed by atoms with van der Waals surface area (Å²) < 4.78 is 8.54. The fourth-order valence-corrected chi connectivity index (χ4v) is 9.00. The number of aryl methyl sites for hydroxylation is 1. The fraction of sp³-hybridized carbons (Fsp3) is 0.180. The molecule has 0 aliphatic carbocycles. The van der Waals surface area contributed by atoms with Crippen molar-refractivity contribution in [3.63, 3.8) is 0 Å². The third-order valence-electron chi connectivity index (χ3n) is 10.5. The largest absolute Gasteiger partial charge is 0.486 e. The Morgan fingerprint density at radius 2 is 1.53 bits per heavy atom. The number of furan rings is 1. The van der Waals surface area contributed by atoms with Crippen molar-refractivity contribution < 1.29 is 24.5 Å². The second kappa shape index (κ2) is 16.9. The smallest absolute Gasteiger partial charge is 0.216 e. The van der Waals surface area contributed by atoms with Crippen LogP contribution in [0, 0.1) is 25.0 Å². The molecule has 57 heavy (non-hydrogen) atoms.